The largest absolute Gasteiger partial charge is 0.477 e. The summed E-state index contributed by atoms with van der Waals surface area (Å²) >= 11 is 0. The molecule has 0 aliphatic carbocycles. The highest BCUT2D eigenvalue weighted by Gasteiger charge is 2.40. The van der Waals surface area contributed by atoms with Crippen molar-refractivity contribution in [2.75, 3.05) is 32.8 Å². The van der Waals surface area contributed by atoms with Gasteiger partial charge in [0.05, 0.1) is 19.8 Å². The maximum atomic E-state index is 12.6. The van der Waals surface area contributed by atoms with E-state index in [1.54, 1.807) is 0 Å². The van der Waals surface area contributed by atoms with Gasteiger partial charge in [-0.15, -0.1) is 0 Å². The van der Waals surface area contributed by atoms with Crippen molar-refractivity contribution in [2.45, 2.75) is 5.92 Å². The number of carboxylic acids is 1. The normalized spacial score (nSPS) is 20.2. The lowest BCUT2D eigenvalue weighted by atomic mass is 10.3. The van der Waals surface area contributed by atoms with Crippen molar-refractivity contribution >= 4 is 5.97 Å². The molecular weight excluding hydrogens is 184 g/mol. The van der Waals surface area contributed by atoms with Gasteiger partial charge in [-0.1, -0.05) is 0 Å². The third-order valence-corrected chi connectivity index (χ3v) is 1.84. The third-order valence-electron chi connectivity index (χ3n) is 1.84. The summed E-state index contributed by atoms with van der Waals surface area (Å²) in [6.45, 7) is 0.767. The Morgan fingerprint density at radius 3 is 2.46 bits per heavy atom. The van der Waals surface area contributed by atoms with Crippen LogP contribution < -0.4 is 0 Å². The van der Waals surface area contributed by atoms with Gasteiger partial charge in [0, 0.05) is 13.1 Å². The molecule has 0 spiro atoms. The Labute approximate surface area is 74.1 Å². The molecule has 76 valence electrons. The van der Waals surface area contributed by atoms with Crippen LogP contribution in [0, 0.1) is 0 Å². The number of hydrogen-bond acceptors (Lipinski definition) is 3. The van der Waals surface area contributed by atoms with Gasteiger partial charge in [0.15, 0.2) is 0 Å². The van der Waals surface area contributed by atoms with Crippen molar-refractivity contribution in [3.8, 4) is 0 Å². The van der Waals surface area contributed by atoms with Crippen molar-refractivity contribution in [2.24, 2.45) is 0 Å². The minimum atomic E-state index is -3.66. The molecule has 0 aromatic heterocycles. The number of carbonyl (C=O) groups is 1. The van der Waals surface area contributed by atoms with Gasteiger partial charge < -0.3 is 9.84 Å². The van der Waals surface area contributed by atoms with Gasteiger partial charge in [0.25, 0.3) is 0 Å². The number of halogens is 2. The highest BCUT2D eigenvalue weighted by molar-refractivity contribution is 5.75. The lowest BCUT2D eigenvalue weighted by Gasteiger charge is -2.28. The highest BCUT2D eigenvalue weighted by Crippen LogP contribution is 2.16. The van der Waals surface area contributed by atoms with Crippen LogP contribution in [-0.2, 0) is 9.53 Å². The van der Waals surface area contributed by atoms with Gasteiger partial charge in [0.1, 0.15) is 0 Å². The fourth-order valence-electron chi connectivity index (χ4n) is 1.11. The van der Waals surface area contributed by atoms with Crippen molar-refractivity contribution in [1.82, 2.24) is 4.90 Å². The van der Waals surface area contributed by atoms with Gasteiger partial charge in [-0.3, -0.25) is 4.90 Å². The molecule has 0 aromatic rings. The highest BCUT2D eigenvalue weighted by atomic mass is 19.3. The molecule has 13 heavy (non-hydrogen) atoms. The molecule has 1 aliphatic rings. The molecule has 1 saturated heterocycles. The first-order valence-corrected chi connectivity index (χ1v) is 3.94. The van der Waals surface area contributed by atoms with Gasteiger partial charge in [-0.25, -0.2) is 4.79 Å². The summed E-state index contributed by atoms with van der Waals surface area (Å²) < 4.78 is 30.2. The van der Waals surface area contributed by atoms with Crippen LogP contribution in [0.5, 0.6) is 0 Å². The molecule has 1 rings (SSSR count). The molecule has 0 saturated carbocycles. The van der Waals surface area contributed by atoms with Gasteiger partial charge in [-0.05, 0) is 0 Å². The first kappa shape index (κ1) is 10.3. The average Bonchev–Trinajstić information content (AvgIpc) is 2.05. The predicted molar refractivity (Wildman–Crippen MR) is 39.8 cm³/mol. The standard InChI is InChI=1S/C7H11F2NO3/c8-7(9,6(11)12)5-10-1-3-13-4-2-10/h1-5H2,(H,11,12). The second-order valence-electron chi connectivity index (χ2n) is 2.90. The Balaban J connectivity index is 2.41. The first-order chi connectivity index (χ1) is 6.02. The quantitative estimate of drug-likeness (QED) is 0.690. The number of aliphatic carboxylic acids is 1. The Kier molecular flexibility index (Phi) is 3.16. The zero-order valence-corrected chi connectivity index (χ0v) is 7.00. The van der Waals surface area contributed by atoms with E-state index in [9.17, 15) is 13.6 Å². The first-order valence-electron chi connectivity index (χ1n) is 3.94. The van der Waals surface area contributed by atoms with Crippen molar-refractivity contribution in [3.05, 3.63) is 0 Å². The number of carboxylic acid groups (broad SMARTS) is 1. The van der Waals surface area contributed by atoms with Crippen LogP contribution in [-0.4, -0.2) is 54.7 Å². The molecular formula is C7H11F2NO3. The van der Waals surface area contributed by atoms with E-state index in [4.69, 9.17) is 9.84 Å². The summed E-state index contributed by atoms with van der Waals surface area (Å²) in [4.78, 5) is 11.5. The van der Waals surface area contributed by atoms with Crippen LogP contribution >= 0.6 is 0 Å². The van der Waals surface area contributed by atoms with E-state index < -0.39 is 18.4 Å². The Hall–Kier alpha value is -0.750. The van der Waals surface area contributed by atoms with Crippen LogP contribution in [0.3, 0.4) is 0 Å². The maximum absolute atomic E-state index is 12.6. The van der Waals surface area contributed by atoms with Gasteiger partial charge in [-0.2, -0.15) is 8.78 Å². The molecule has 0 aromatic carbocycles. The SMILES string of the molecule is O=C(O)C(F)(F)CN1CCOCC1. The van der Waals surface area contributed by atoms with Crippen LogP contribution in [0.1, 0.15) is 0 Å². The molecule has 4 nitrogen and oxygen atoms in total. The molecule has 0 unspecified atom stereocenters. The number of morpholine rings is 1. The average molecular weight is 195 g/mol. The smallest absolute Gasteiger partial charge is 0.375 e. The van der Waals surface area contributed by atoms with Crippen LogP contribution in [0.25, 0.3) is 0 Å². The molecule has 1 N–H and O–H groups in total. The number of ether oxygens (including phenoxy) is 1. The fourth-order valence-corrected chi connectivity index (χ4v) is 1.11. The van der Waals surface area contributed by atoms with E-state index in [1.807, 2.05) is 0 Å². The van der Waals surface area contributed by atoms with Crippen molar-refractivity contribution in [3.63, 3.8) is 0 Å². The zero-order valence-electron chi connectivity index (χ0n) is 7.00. The maximum Gasteiger partial charge on any atom is 0.375 e. The van der Waals surface area contributed by atoms with E-state index in [2.05, 4.69) is 0 Å². The number of hydrogen-bond donors (Lipinski definition) is 1. The monoisotopic (exact) mass is 195 g/mol. The van der Waals surface area contributed by atoms with E-state index in [1.165, 1.54) is 4.90 Å². The minimum absolute atomic E-state index is 0.364. The number of alkyl halides is 2. The second kappa shape index (κ2) is 3.97. The van der Waals surface area contributed by atoms with Crippen LogP contribution in [0.2, 0.25) is 0 Å². The molecule has 0 amide bonds. The van der Waals surface area contributed by atoms with Crippen LogP contribution in [0.15, 0.2) is 0 Å². The van der Waals surface area contributed by atoms with E-state index >= 15 is 0 Å². The topological polar surface area (TPSA) is 49.8 Å². The summed E-state index contributed by atoms with van der Waals surface area (Å²) in [5, 5.41) is 8.16. The number of rotatable bonds is 3. The summed E-state index contributed by atoms with van der Waals surface area (Å²) in [7, 11) is 0. The van der Waals surface area contributed by atoms with Crippen molar-refractivity contribution in [1.29, 1.82) is 0 Å². The van der Waals surface area contributed by atoms with E-state index in [0.717, 1.165) is 0 Å². The second-order valence-corrected chi connectivity index (χ2v) is 2.90. The predicted octanol–water partition coefficient (Wildman–Crippen LogP) is 0.0385. The number of nitrogens with zero attached hydrogens (tertiary/aromatic N) is 1. The molecule has 1 heterocycles. The van der Waals surface area contributed by atoms with E-state index in [0.29, 0.717) is 26.3 Å². The minimum Gasteiger partial charge on any atom is -0.477 e. The van der Waals surface area contributed by atoms with Crippen LogP contribution in [0.4, 0.5) is 8.78 Å². The molecule has 1 aliphatic heterocycles. The fraction of sp³-hybridized carbons (Fsp3) is 0.857. The molecule has 6 heteroatoms. The van der Waals surface area contributed by atoms with E-state index in [-0.39, 0.29) is 0 Å². The molecule has 0 bridgehead atoms. The zero-order chi connectivity index (χ0) is 9.90. The van der Waals surface area contributed by atoms with Crippen molar-refractivity contribution < 1.29 is 23.4 Å². The lowest BCUT2D eigenvalue weighted by molar-refractivity contribution is -0.168. The Morgan fingerprint density at radius 1 is 1.46 bits per heavy atom. The third kappa shape index (κ3) is 2.89. The van der Waals surface area contributed by atoms with Gasteiger partial charge in [0.2, 0.25) is 0 Å². The molecule has 0 atom stereocenters. The van der Waals surface area contributed by atoms with Gasteiger partial charge >= 0.3 is 11.9 Å². The summed E-state index contributed by atoms with van der Waals surface area (Å²) in [5.74, 6) is -5.73. The molecule has 1 fully saturated rings. The Bertz CT molecular complexity index is 192. The lowest BCUT2D eigenvalue weighted by Crippen LogP contribution is -2.46. The summed E-state index contributed by atoms with van der Waals surface area (Å²) in [6.07, 6.45) is 0. The summed E-state index contributed by atoms with van der Waals surface area (Å²) in [6, 6.07) is 0. The molecule has 0 radical (unpaired) electrons. The Morgan fingerprint density at radius 2 is 2.00 bits per heavy atom. The summed E-state index contributed by atoms with van der Waals surface area (Å²) in [5.41, 5.74) is 0.